The molecule has 1 atom stereocenters. The van der Waals surface area contributed by atoms with E-state index in [-0.39, 0.29) is 17.9 Å². The second-order valence-electron chi connectivity index (χ2n) is 9.82. The first-order chi connectivity index (χ1) is 15.2. The molecule has 0 saturated heterocycles. The van der Waals surface area contributed by atoms with Gasteiger partial charge in [0.25, 0.3) is 0 Å². The number of rotatable bonds is 17. The molecular weight excluding hydrogens is 410 g/mol. The topological polar surface area (TPSA) is 26.0 Å². The van der Waals surface area contributed by atoms with Crippen molar-refractivity contribution in [2.45, 2.75) is 129 Å². The standard InChI is InChI=1S/C30H49N.ClH/c1-4-7-8-9-10-11-12-13-14-15-23-29(30(31,24-5-2)25-6-3)28-22-18-20-26-19-16-17-21-27(26)28;/h16-22,29H,4-15,23-25,31H2,1-3H3;1H. The van der Waals surface area contributed by atoms with Crippen LogP contribution in [0.3, 0.4) is 0 Å². The summed E-state index contributed by atoms with van der Waals surface area (Å²) in [4.78, 5) is 0. The molecule has 0 fully saturated rings. The maximum atomic E-state index is 7.21. The van der Waals surface area contributed by atoms with Crippen molar-refractivity contribution in [3.8, 4) is 0 Å². The van der Waals surface area contributed by atoms with E-state index in [1.165, 1.54) is 87.0 Å². The predicted octanol–water partition coefficient (Wildman–Crippen LogP) is 9.95. The van der Waals surface area contributed by atoms with Crippen molar-refractivity contribution in [1.82, 2.24) is 0 Å². The van der Waals surface area contributed by atoms with Gasteiger partial charge in [0.15, 0.2) is 0 Å². The van der Waals surface area contributed by atoms with Crippen LogP contribution < -0.4 is 5.73 Å². The van der Waals surface area contributed by atoms with Gasteiger partial charge in [0.05, 0.1) is 0 Å². The lowest BCUT2D eigenvalue weighted by Crippen LogP contribution is -2.45. The molecule has 2 aromatic carbocycles. The van der Waals surface area contributed by atoms with E-state index in [0.717, 1.165) is 25.7 Å². The van der Waals surface area contributed by atoms with Crippen LogP contribution in [-0.2, 0) is 0 Å². The summed E-state index contributed by atoms with van der Waals surface area (Å²) in [7, 11) is 0. The summed E-state index contributed by atoms with van der Waals surface area (Å²) in [6, 6.07) is 15.7. The zero-order valence-corrected chi connectivity index (χ0v) is 22.0. The highest BCUT2D eigenvalue weighted by Crippen LogP contribution is 2.40. The van der Waals surface area contributed by atoms with Gasteiger partial charge in [-0.3, -0.25) is 0 Å². The average molecular weight is 460 g/mol. The van der Waals surface area contributed by atoms with Gasteiger partial charge in [-0.05, 0) is 35.6 Å². The van der Waals surface area contributed by atoms with Crippen LogP contribution in [0.1, 0.15) is 129 Å². The number of nitrogens with two attached hydrogens (primary N) is 1. The van der Waals surface area contributed by atoms with Gasteiger partial charge < -0.3 is 5.73 Å². The molecule has 0 bridgehead atoms. The highest BCUT2D eigenvalue weighted by molar-refractivity contribution is 5.86. The Kier molecular flexibility index (Phi) is 15.0. The molecule has 0 aliphatic carbocycles. The van der Waals surface area contributed by atoms with Crippen LogP contribution in [-0.4, -0.2) is 5.54 Å². The summed E-state index contributed by atoms with van der Waals surface area (Å²) < 4.78 is 0. The quantitative estimate of drug-likeness (QED) is 0.234. The average Bonchev–Trinajstić information content (AvgIpc) is 2.77. The van der Waals surface area contributed by atoms with Gasteiger partial charge in [0, 0.05) is 11.5 Å². The molecule has 2 rings (SSSR count). The van der Waals surface area contributed by atoms with Gasteiger partial charge in [0.2, 0.25) is 0 Å². The largest absolute Gasteiger partial charge is 0.325 e. The highest BCUT2D eigenvalue weighted by Gasteiger charge is 2.34. The van der Waals surface area contributed by atoms with Crippen LogP contribution in [0.15, 0.2) is 42.5 Å². The Hall–Kier alpha value is -1.05. The van der Waals surface area contributed by atoms with Gasteiger partial charge >= 0.3 is 0 Å². The number of benzene rings is 2. The third kappa shape index (κ3) is 9.06. The summed E-state index contributed by atoms with van der Waals surface area (Å²) in [5.41, 5.74) is 8.60. The number of unbranched alkanes of at least 4 members (excludes halogenated alkanes) is 9. The molecule has 0 spiro atoms. The van der Waals surface area contributed by atoms with E-state index in [1.807, 2.05) is 0 Å². The van der Waals surface area contributed by atoms with Crippen LogP contribution >= 0.6 is 12.4 Å². The minimum Gasteiger partial charge on any atom is -0.325 e. The van der Waals surface area contributed by atoms with Gasteiger partial charge in [-0.1, -0.05) is 140 Å². The second kappa shape index (κ2) is 16.5. The zero-order valence-electron chi connectivity index (χ0n) is 21.2. The van der Waals surface area contributed by atoms with E-state index in [1.54, 1.807) is 0 Å². The van der Waals surface area contributed by atoms with Gasteiger partial charge in [-0.25, -0.2) is 0 Å². The summed E-state index contributed by atoms with van der Waals surface area (Å²) in [6.45, 7) is 6.87. The molecular formula is C30H50ClN. The van der Waals surface area contributed by atoms with Crippen LogP contribution in [0.25, 0.3) is 10.8 Å². The van der Waals surface area contributed by atoms with Crippen LogP contribution in [0, 0.1) is 0 Å². The summed E-state index contributed by atoms with van der Waals surface area (Å²) in [5.74, 6) is 0.451. The van der Waals surface area contributed by atoms with E-state index in [2.05, 4.69) is 63.2 Å². The first-order valence-corrected chi connectivity index (χ1v) is 13.4. The zero-order chi connectivity index (χ0) is 22.4. The molecule has 0 radical (unpaired) electrons. The minimum absolute atomic E-state index is 0. The summed E-state index contributed by atoms with van der Waals surface area (Å²) in [6.07, 6.45) is 19.7. The Bertz CT molecular complexity index is 714. The molecule has 0 aliphatic heterocycles. The molecule has 1 nitrogen and oxygen atoms in total. The molecule has 2 N–H and O–H groups in total. The van der Waals surface area contributed by atoms with Crippen molar-refractivity contribution < 1.29 is 0 Å². The molecule has 0 amide bonds. The number of hydrogen-bond donors (Lipinski definition) is 1. The molecule has 1 unspecified atom stereocenters. The fraction of sp³-hybridized carbons (Fsp3) is 0.667. The minimum atomic E-state index is -0.0904. The normalized spacial score (nSPS) is 12.6. The molecule has 0 saturated carbocycles. The lowest BCUT2D eigenvalue weighted by molar-refractivity contribution is 0.276. The first kappa shape index (κ1) is 29.0. The molecule has 2 aromatic rings. The first-order valence-electron chi connectivity index (χ1n) is 13.4. The predicted molar refractivity (Wildman–Crippen MR) is 147 cm³/mol. The van der Waals surface area contributed by atoms with E-state index in [0.29, 0.717) is 5.92 Å². The number of halogens is 1. The highest BCUT2D eigenvalue weighted by atomic mass is 35.5. The molecule has 182 valence electrons. The molecule has 0 aromatic heterocycles. The third-order valence-electron chi connectivity index (χ3n) is 7.17. The van der Waals surface area contributed by atoms with Crippen LogP contribution in [0.2, 0.25) is 0 Å². The Morgan fingerprint density at radius 1 is 0.656 bits per heavy atom. The lowest BCUT2D eigenvalue weighted by atomic mass is 9.71. The maximum Gasteiger partial charge on any atom is 0.0223 e. The maximum absolute atomic E-state index is 7.21. The SMILES string of the molecule is CCCCCCCCCCCCC(c1cccc2ccccc12)C(N)(CCC)CCC.Cl. The van der Waals surface area contributed by atoms with Crippen molar-refractivity contribution in [1.29, 1.82) is 0 Å². The second-order valence-corrected chi connectivity index (χ2v) is 9.82. The fourth-order valence-corrected chi connectivity index (χ4v) is 5.55. The fourth-order valence-electron chi connectivity index (χ4n) is 5.55. The lowest BCUT2D eigenvalue weighted by Gasteiger charge is -2.39. The van der Waals surface area contributed by atoms with Crippen molar-refractivity contribution in [2.24, 2.45) is 5.73 Å². The molecule has 2 heteroatoms. The van der Waals surface area contributed by atoms with Crippen LogP contribution in [0.5, 0.6) is 0 Å². The summed E-state index contributed by atoms with van der Waals surface area (Å²) in [5, 5.41) is 2.76. The van der Waals surface area contributed by atoms with Gasteiger partial charge in [-0.15, -0.1) is 12.4 Å². The third-order valence-corrected chi connectivity index (χ3v) is 7.17. The van der Waals surface area contributed by atoms with Crippen molar-refractivity contribution in [2.75, 3.05) is 0 Å². The summed E-state index contributed by atoms with van der Waals surface area (Å²) >= 11 is 0. The molecule has 0 aliphatic rings. The Labute approximate surface area is 205 Å². The Morgan fingerprint density at radius 2 is 1.19 bits per heavy atom. The molecule has 32 heavy (non-hydrogen) atoms. The van der Waals surface area contributed by atoms with Crippen molar-refractivity contribution >= 4 is 23.2 Å². The van der Waals surface area contributed by atoms with E-state index in [9.17, 15) is 0 Å². The molecule has 0 heterocycles. The van der Waals surface area contributed by atoms with Crippen molar-refractivity contribution in [3.63, 3.8) is 0 Å². The number of hydrogen-bond acceptors (Lipinski definition) is 1. The number of fused-ring (bicyclic) bond motifs is 1. The van der Waals surface area contributed by atoms with E-state index >= 15 is 0 Å². The van der Waals surface area contributed by atoms with Crippen LogP contribution in [0.4, 0.5) is 0 Å². The Balaban J connectivity index is 0.00000512. The van der Waals surface area contributed by atoms with E-state index in [4.69, 9.17) is 5.73 Å². The monoisotopic (exact) mass is 459 g/mol. The van der Waals surface area contributed by atoms with Gasteiger partial charge in [-0.2, -0.15) is 0 Å². The van der Waals surface area contributed by atoms with Crippen molar-refractivity contribution in [3.05, 3.63) is 48.0 Å². The van der Waals surface area contributed by atoms with E-state index < -0.39 is 0 Å². The van der Waals surface area contributed by atoms with Gasteiger partial charge in [0.1, 0.15) is 0 Å². The Morgan fingerprint density at radius 3 is 1.78 bits per heavy atom. The smallest absolute Gasteiger partial charge is 0.0223 e.